The SMILES string of the molecule is CCOC(=O)C(C)NC(=O)Cc1ccc(Br)c(F)c1. The summed E-state index contributed by atoms with van der Waals surface area (Å²) in [5.74, 6) is -1.27. The fourth-order valence-corrected chi connectivity index (χ4v) is 1.70. The van der Waals surface area contributed by atoms with Crippen molar-refractivity contribution in [2.24, 2.45) is 0 Å². The van der Waals surface area contributed by atoms with Gasteiger partial charge in [-0.25, -0.2) is 9.18 Å². The largest absolute Gasteiger partial charge is 0.464 e. The van der Waals surface area contributed by atoms with Crippen LogP contribution in [0.4, 0.5) is 4.39 Å². The summed E-state index contributed by atoms with van der Waals surface area (Å²) in [6, 6.07) is 3.74. The Labute approximate surface area is 119 Å². The fourth-order valence-electron chi connectivity index (χ4n) is 1.45. The molecule has 6 heteroatoms. The zero-order valence-electron chi connectivity index (χ0n) is 10.7. The molecule has 1 aromatic rings. The van der Waals surface area contributed by atoms with Crippen LogP contribution in [0.2, 0.25) is 0 Å². The van der Waals surface area contributed by atoms with E-state index in [4.69, 9.17) is 4.74 Å². The van der Waals surface area contributed by atoms with Crippen LogP contribution in [-0.4, -0.2) is 24.5 Å². The molecule has 0 saturated carbocycles. The zero-order chi connectivity index (χ0) is 14.4. The van der Waals surface area contributed by atoms with Gasteiger partial charge in [-0.05, 0) is 47.5 Å². The van der Waals surface area contributed by atoms with Crippen molar-refractivity contribution < 1.29 is 18.7 Å². The van der Waals surface area contributed by atoms with Crippen molar-refractivity contribution in [3.8, 4) is 0 Å². The van der Waals surface area contributed by atoms with Crippen molar-refractivity contribution >= 4 is 27.8 Å². The normalized spacial score (nSPS) is 11.8. The predicted molar refractivity (Wildman–Crippen MR) is 72.0 cm³/mol. The Morgan fingerprint density at radius 1 is 1.47 bits per heavy atom. The van der Waals surface area contributed by atoms with E-state index < -0.39 is 17.8 Å². The number of esters is 1. The Kier molecular flexibility index (Phi) is 5.95. The summed E-state index contributed by atoms with van der Waals surface area (Å²) in [5.41, 5.74) is 0.536. The summed E-state index contributed by atoms with van der Waals surface area (Å²) in [5, 5.41) is 2.50. The van der Waals surface area contributed by atoms with Gasteiger partial charge in [0.15, 0.2) is 0 Å². The summed E-state index contributed by atoms with van der Waals surface area (Å²) in [4.78, 5) is 23.0. The van der Waals surface area contributed by atoms with Gasteiger partial charge >= 0.3 is 5.97 Å². The Morgan fingerprint density at radius 3 is 2.74 bits per heavy atom. The summed E-state index contributed by atoms with van der Waals surface area (Å²) in [6.45, 7) is 3.49. The Morgan fingerprint density at radius 2 is 2.16 bits per heavy atom. The molecule has 0 fully saturated rings. The molecule has 0 spiro atoms. The van der Waals surface area contributed by atoms with Gasteiger partial charge in [0.25, 0.3) is 0 Å². The van der Waals surface area contributed by atoms with E-state index in [1.54, 1.807) is 13.0 Å². The topological polar surface area (TPSA) is 55.4 Å². The minimum atomic E-state index is -0.715. The lowest BCUT2D eigenvalue weighted by Crippen LogP contribution is -2.40. The second kappa shape index (κ2) is 7.23. The van der Waals surface area contributed by atoms with E-state index in [1.165, 1.54) is 19.1 Å². The molecule has 0 saturated heterocycles. The lowest BCUT2D eigenvalue weighted by Gasteiger charge is -2.12. The van der Waals surface area contributed by atoms with Gasteiger partial charge in [0.1, 0.15) is 11.9 Å². The molecule has 104 valence electrons. The predicted octanol–water partition coefficient (Wildman–Crippen LogP) is 2.20. The van der Waals surface area contributed by atoms with E-state index in [-0.39, 0.29) is 18.9 Å². The highest BCUT2D eigenvalue weighted by molar-refractivity contribution is 9.10. The highest BCUT2D eigenvalue weighted by Crippen LogP contribution is 2.16. The second-order valence-electron chi connectivity index (χ2n) is 3.97. The number of carbonyl (C=O) groups excluding carboxylic acids is 2. The van der Waals surface area contributed by atoms with Crippen LogP contribution in [0.3, 0.4) is 0 Å². The fraction of sp³-hybridized carbons (Fsp3) is 0.385. The Bertz CT molecular complexity index is 479. The van der Waals surface area contributed by atoms with Crippen molar-refractivity contribution in [1.29, 1.82) is 0 Å². The molecule has 1 rings (SSSR count). The van der Waals surface area contributed by atoms with E-state index >= 15 is 0 Å². The van der Waals surface area contributed by atoms with Crippen molar-refractivity contribution in [3.05, 3.63) is 34.1 Å². The van der Waals surface area contributed by atoms with E-state index in [2.05, 4.69) is 21.2 Å². The highest BCUT2D eigenvalue weighted by atomic mass is 79.9. The summed E-state index contributed by atoms with van der Waals surface area (Å²) >= 11 is 3.04. The average molecular weight is 332 g/mol. The molecule has 0 heterocycles. The maximum Gasteiger partial charge on any atom is 0.328 e. The second-order valence-corrected chi connectivity index (χ2v) is 4.82. The van der Waals surface area contributed by atoms with Crippen molar-refractivity contribution in [1.82, 2.24) is 5.32 Å². The molecule has 1 aromatic carbocycles. The van der Waals surface area contributed by atoms with Gasteiger partial charge < -0.3 is 10.1 Å². The maximum atomic E-state index is 13.3. The quantitative estimate of drug-likeness (QED) is 0.841. The van der Waals surface area contributed by atoms with Crippen molar-refractivity contribution in [2.45, 2.75) is 26.3 Å². The van der Waals surface area contributed by atoms with Crippen LogP contribution < -0.4 is 5.32 Å². The number of hydrogen-bond donors (Lipinski definition) is 1. The first-order chi connectivity index (χ1) is 8.93. The number of nitrogens with one attached hydrogen (secondary N) is 1. The number of carbonyl (C=O) groups is 2. The molecule has 0 aliphatic carbocycles. The molecule has 1 amide bonds. The standard InChI is InChI=1S/C13H15BrFNO3/c1-3-19-13(18)8(2)16-12(17)7-9-4-5-10(14)11(15)6-9/h4-6,8H,3,7H2,1-2H3,(H,16,17). The molecule has 1 N–H and O–H groups in total. The van der Waals surface area contributed by atoms with Crippen LogP contribution >= 0.6 is 15.9 Å². The molecule has 1 atom stereocenters. The van der Waals surface area contributed by atoms with E-state index in [9.17, 15) is 14.0 Å². The number of amides is 1. The van der Waals surface area contributed by atoms with Crippen LogP contribution in [0.5, 0.6) is 0 Å². The van der Waals surface area contributed by atoms with Gasteiger partial charge in [-0.3, -0.25) is 4.79 Å². The lowest BCUT2D eigenvalue weighted by molar-refractivity contribution is -0.146. The molecule has 4 nitrogen and oxygen atoms in total. The van der Waals surface area contributed by atoms with E-state index in [0.29, 0.717) is 10.0 Å². The van der Waals surface area contributed by atoms with Gasteiger partial charge in [0, 0.05) is 0 Å². The Balaban J connectivity index is 2.55. The Hall–Kier alpha value is -1.43. The molecule has 0 aliphatic heterocycles. The molecular weight excluding hydrogens is 317 g/mol. The first-order valence-corrected chi connectivity index (χ1v) is 6.63. The summed E-state index contributed by atoms with van der Waals surface area (Å²) in [7, 11) is 0. The molecule has 0 bridgehead atoms. The highest BCUT2D eigenvalue weighted by Gasteiger charge is 2.16. The third kappa shape index (κ3) is 4.98. The molecule has 0 aliphatic rings. The number of halogens is 2. The smallest absolute Gasteiger partial charge is 0.328 e. The summed E-state index contributed by atoms with van der Waals surface area (Å²) in [6.07, 6.45) is 0.00788. The molecule has 0 radical (unpaired) electrons. The molecule has 19 heavy (non-hydrogen) atoms. The first kappa shape index (κ1) is 15.6. The average Bonchev–Trinajstić information content (AvgIpc) is 2.34. The van der Waals surface area contributed by atoms with Crippen LogP contribution in [0.1, 0.15) is 19.4 Å². The summed E-state index contributed by atoms with van der Waals surface area (Å²) < 4.78 is 18.4. The van der Waals surface area contributed by atoms with Crippen LogP contribution in [0.15, 0.2) is 22.7 Å². The van der Waals surface area contributed by atoms with E-state index in [1.807, 2.05) is 0 Å². The maximum absolute atomic E-state index is 13.3. The number of rotatable bonds is 5. The monoisotopic (exact) mass is 331 g/mol. The van der Waals surface area contributed by atoms with Gasteiger partial charge in [-0.15, -0.1) is 0 Å². The third-order valence-corrected chi connectivity index (χ3v) is 3.01. The van der Waals surface area contributed by atoms with Crippen LogP contribution in [0.25, 0.3) is 0 Å². The third-order valence-electron chi connectivity index (χ3n) is 2.37. The molecule has 0 aromatic heterocycles. The van der Waals surface area contributed by atoms with Gasteiger partial charge in [-0.2, -0.15) is 0 Å². The number of ether oxygens (including phenoxy) is 1. The number of hydrogen-bond acceptors (Lipinski definition) is 3. The lowest BCUT2D eigenvalue weighted by atomic mass is 10.1. The minimum Gasteiger partial charge on any atom is -0.464 e. The van der Waals surface area contributed by atoms with Gasteiger partial charge in [0.2, 0.25) is 5.91 Å². The van der Waals surface area contributed by atoms with E-state index in [0.717, 1.165) is 0 Å². The molecule has 1 unspecified atom stereocenters. The van der Waals surface area contributed by atoms with Crippen LogP contribution in [0, 0.1) is 5.82 Å². The van der Waals surface area contributed by atoms with Gasteiger partial charge in [-0.1, -0.05) is 6.07 Å². The number of benzene rings is 1. The zero-order valence-corrected chi connectivity index (χ0v) is 12.3. The van der Waals surface area contributed by atoms with Gasteiger partial charge in [0.05, 0.1) is 17.5 Å². The molecular formula is C13H15BrFNO3. The minimum absolute atomic E-state index is 0.00788. The first-order valence-electron chi connectivity index (χ1n) is 5.84. The van der Waals surface area contributed by atoms with Crippen LogP contribution in [-0.2, 0) is 20.7 Å². The van der Waals surface area contributed by atoms with Crippen molar-refractivity contribution in [3.63, 3.8) is 0 Å². The van der Waals surface area contributed by atoms with Crippen molar-refractivity contribution in [2.75, 3.05) is 6.61 Å².